The first-order valence-electron chi connectivity index (χ1n) is 5.75. The maximum Gasteiger partial charge on any atom is 0.195 e. The van der Waals surface area contributed by atoms with Crippen LogP contribution in [0.4, 0.5) is 0 Å². The Morgan fingerprint density at radius 1 is 1.00 bits per heavy atom. The average molecular weight is 240 g/mol. The minimum Gasteiger partial charge on any atom is -0.289 e. The van der Waals surface area contributed by atoms with Crippen molar-refractivity contribution in [2.75, 3.05) is 0 Å². The Labute approximate surface area is 104 Å². The van der Waals surface area contributed by atoms with Crippen molar-refractivity contribution in [3.8, 4) is 0 Å². The summed E-state index contributed by atoms with van der Waals surface area (Å²) in [4.78, 5) is 13.4. The van der Waals surface area contributed by atoms with Gasteiger partial charge in [-0.15, -0.1) is 11.3 Å². The van der Waals surface area contributed by atoms with Crippen LogP contribution in [-0.2, 0) is 0 Å². The summed E-state index contributed by atoms with van der Waals surface area (Å²) in [6, 6.07) is 7.82. The first-order chi connectivity index (χ1) is 8.36. The molecule has 0 radical (unpaired) electrons. The maximum absolute atomic E-state index is 12.4. The number of benzene rings is 1. The minimum absolute atomic E-state index is 0.150. The number of rotatable bonds is 0. The fourth-order valence-corrected chi connectivity index (χ4v) is 3.13. The van der Waals surface area contributed by atoms with E-state index in [4.69, 9.17) is 0 Å². The van der Waals surface area contributed by atoms with Gasteiger partial charge in [-0.05, 0) is 31.1 Å². The Hall–Kier alpha value is -1.67. The molecule has 1 nitrogen and oxygen atoms in total. The zero-order valence-electron chi connectivity index (χ0n) is 9.35. The summed E-state index contributed by atoms with van der Waals surface area (Å²) < 4.78 is 1.06. The van der Waals surface area contributed by atoms with Gasteiger partial charge >= 0.3 is 0 Å². The lowest BCUT2D eigenvalue weighted by molar-refractivity contribution is 1.06. The summed E-state index contributed by atoms with van der Waals surface area (Å²) in [5.41, 5.74) is 0.988. The Balaban J connectivity index is 2.41. The lowest BCUT2D eigenvalue weighted by Crippen LogP contribution is -2.06. The topological polar surface area (TPSA) is 17.1 Å². The van der Waals surface area contributed by atoms with Crippen LogP contribution in [0.25, 0.3) is 22.2 Å². The van der Waals surface area contributed by atoms with Gasteiger partial charge < -0.3 is 0 Å². The summed E-state index contributed by atoms with van der Waals surface area (Å²) in [5, 5.41) is 0.829. The molecule has 1 aromatic carbocycles. The highest BCUT2D eigenvalue weighted by Gasteiger charge is 2.08. The molecule has 0 N–H and O–H groups in total. The van der Waals surface area contributed by atoms with E-state index in [1.165, 1.54) is 0 Å². The first-order valence-corrected chi connectivity index (χ1v) is 6.57. The molecule has 1 aliphatic rings. The van der Waals surface area contributed by atoms with Crippen molar-refractivity contribution >= 4 is 33.6 Å². The van der Waals surface area contributed by atoms with Crippen molar-refractivity contribution in [1.29, 1.82) is 0 Å². The van der Waals surface area contributed by atoms with Gasteiger partial charge in [0.15, 0.2) is 5.43 Å². The smallest absolute Gasteiger partial charge is 0.195 e. The standard InChI is InChI=1S/C15H12OS/c16-15-11-7-3-1-2-4-9-13(11)17-14-10-6-5-8-12(14)15/h3-10H,1-2H2/b7-3?,9-4-. The van der Waals surface area contributed by atoms with Crippen molar-refractivity contribution in [3.05, 3.63) is 57.1 Å². The van der Waals surface area contributed by atoms with Crippen molar-refractivity contribution in [3.63, 3.8) is 0 Å². The lowest BCUT2D eigenvalue weighted by atomic mass is 10.1. The fourth-order valence-electron chi connectivity index (χ4n) is 2.04. The van der Waals surface area contributed by atoms with E-state index in [0.717, 1.165) is 33.4 Å². The van der Waals surface area contributed by atoms with Gasteiger partial charge in [0, 0.05) is 20.5 Å². The molecule has 2 aromatic rings. The third-order valence-electron chi connectivity index (χ3n) is 2.92. The predicted molar refractivity (Wildman–Crippen MR) is 75.4 cm³/mol. The van der Waals surface area contributed by atoms with E-state index in [9.17, 15) is 4.79 Å². The summed E-state index contributed by atoms with van der Waals surface area (Å²) in [5.74, 6) is 0. The Kier molecular flexibility index (Phi) is 2.65. The van der Waals surface area contributed by atoms with Crippen LogP contribution in [0.1, 0.15) is 23.3 Å². The normalized spacial score (nSPS) is 16.2. The molecule has 1 heterocycles. The molecule has 0 bridgehead atoms. The second-order valence-corrected chi connectivity index (χ2v) is 5.17. The van der Waals surface area contributed by atoms with Gasteiger partial charge in [-0.2, -0.15) is 0 Å². The Morgan fingerprint density at radius 2 is 1.76 bits per heavy atom. The highest BCUT2D eigenvalue weighted by molar-refractivity contribution is 7.19. The second kappa shape index (κ2) is 4.30. The van der Waals surface area contributed by atoms with Gasteiger partial charge in [0.1, 0.15) is 0 Å². The molecule has 2 heteroatoms. The second-order valence-electron chi connectivity index (χ2n) is 4.09. The quantitative estimate of drug-likeness (QED) is 0.678. The third-order valence-corrected chi connectivity index (χ3v) is 4.07. The largest absolute Gasteiger partial charge is 0.289 e. The predicted octanol–water partition coefficient (Wildman–Crippen LogP) is 4.08. The molecule has 0 fully saturated rings. The van der Waals surface area contributed by atoms with E-state index >= 15 is 0 Å². The van der Waals surface area contributed by atoms with Crippen LogP contribution in [0.15, 0.2) is 41.2 Å². The molecule has 0 unspecified atom stereocenters. The molecule has 3 rings (SSSR count). The highest BCUT2D eigenvalue weighted by atomic mass is 32.1. The van der Waals surface area contributed by atoms with E-state index in [1.54, 1.807) is 11.3 Å². The van der Waals surface area contributed by atoms with Crippen LogP contribution < -0.4 is 5.43 Å². The molecule has 0 spiro atoms. The molecule has 1 aliphatic carbocycles. The van der Waals surface area contributed by atoms with Gasteiger partial charge in [-0.25, -0.2) is 0 Å². The number of hydrogen-bond acceptors (Lipinski definition) is 2. The van der Waals surface area contributed by atoms with Crippen molar-refractivity contribution in [2.45, 2.75) is 12.8 Å². The summed E-state index contributed by atoms with van der Waals surface area (Å²) in [6.45, 7) is 0. The van der Waals surface area contributed by atoms with Gasteiger partial charge in [0.2, 0.25) is 0 Å². The maximum atomic E-state index is 12.4. The molecule has 0 saturated carbocycles. The molecule has 0 aliphatic heterocycles. The van der Waals surface area contributed by atoms with Crippen LogP contribution in [0.2, 0.25) is 0 Å². The lowest BCUT2D eigenvalue weighted by Gasteiger charge is -2.05. The first kappa shape index (κ1) is 10.5. The van der Waals surface area contributed by atoms with Crippen molar-refractivity contribution in [2.24, 2.45) is 0 Å². The monoisotopic (exact) mass is 240 g/mol. The van der Waals surface area contributed by atoms with Crippen molar-refractivity contribution < 1.29 is 0 Å². The van der Waals surface area contributed by atoms with E-state index in [-0.39, 0.29) is 5.43 Å². The average Bonchev–Trinajstić information content (AvgIpc) is 2.32. The van der Waals surface area contributed by atoms with Gasteiger partial charge in [-0.3, -0.25) is 4.79 Å². The molecule has 0 atom stereocenters. The van der Waals surface area contributed by atoms with Crippen LogP contribution in [0.5, 0.6) is 0 Å². The van der Waals surface area contributed by atoms with Crippen LogP contribution >= 0.6 is 11.3 Å². The number of allylic oxidation sites excluding steroid dienone is 2. The SMILES string of the molecule is O=c1c2c(sc3ccccc13)/C=C\CCC=C2. The molecule has 1 aromatic heterocycles. The zero-order valence-corrected chi connectivity index (χ0v) is 10.2. The van der Waals surface area contributed by atoms with Gasteiger partial charge in [-0.1, -0.05) is 30.4 Å². The van der Waals surface area contributed by atoms with E-state index in [1.807, 2.05) is 30.3 Å². The molecular weight excluding hydrogens is 228 g/mol. The van der Waals surface area contributed by atoms with E-state index in [2.05, 4.69) is 18.2 Å². The molecule has 17 heavy (non-hydrogen) atoms. The van der Waals surface area contributed by atoms with Gasteiger partial charge in [0.25, 0.3) is 0 Å². The molecule has 0 amide bonds. The van der Waals surface area contributed by atoms with E-state index in [0.29, 0.717) is 0 Å². The molecular formula is C15H12OS. The summed E-state index contributed by atoms with van der Waals surface area (Å²) in [6.07, 6.45) is 10.3. The van der Waals surface area contributed by atoms with Crippen LogP contribution in [-0.4, -0.2) is 0 Å². The minimum atomic E-state index is 0.150. The number of fused-ring (bicyclic) bond motifs is 2. The van der Waals surface area contributed by atoms with Gasteiger partial charge in [0.05, 0.1) is 0 Å². The van der Waals surface area contributed by atoms with Crippen molar-refractivity contribution in [1.82, 2.24) is 0 Å². The third kappa shape index (κ3) is 1.85. The highest BCUT2D eigenvalue weighted by Crippen LogP contribution is 2.25. The zero-order chi connectivity index (χ0) is 11.7. The Bertz CT molecular complexity index is 677. The summed E-state index contributed by atoms with van der Waals surface area (Å²) >= 11 is 1.69. The molecule has 84 valence electrons. The van der Waals surface area contributed by atoms with E-state index < -0.39 is 0 Å². The Morgan fingerprint density at radius 3 is 2.65 bits per heavy atom. The van der Waals surface area contributed by atoms with Crippen LogP contribution in [0, 0.1) is 0 Å². The summed E-state index contributed by atoms with van der Waals surface area (Å²) in [7, 11) is 0. The fraction of sp³-hybridized carbons (Fsp3) is 0.133. The number of hydrogen-bond donors (Lipinski definition) is 0. The molecule has 0 saturated heterocycles. The van der Waals surface area contributed by atoms with Crippen LogP contribution in [0.3, 0.4) is 0 Å².